The van der Waals surface area contributed by atoms with Crippen molar-refractivity contribution in [1.82, 2.24) is 0 Å². The number of sulfonamides is 1. The normalized spacial score (nSPS) is 28.5. The van der Waals surface area contributed by atoms with Crippen molar-refractivity contribution in [3.05, 3.63) is 59.2 Å². The predicted molar refractivity (Wildman–Crippen MR) is 138 cm³/mol. The number of hydrogen-bond acceptors (Lipinski definition) is 3. The Hall–Kier alpha value is -2.34. The van der Waals surface area contributed by atoms with E-state index in [0.717, 1.165) is 35.1 Å². The van der Waals surface area contributed by atoms with Gasteiger partial charge in [-0.15, -0.1) is 0 Å². The summed E-state index contributed by atoms with van der Waals surface area (Å²) in [6, 6.07) is 12.9. The number of anilines is 2. The Balaban J connectivity index is 1.33. The minimum absolute atomic E-state index is 0.320. The topological polar surface area (TPSA) is 66.5 Å². The van der Waals surface area contributed by atoms with Crippen molar-refractivity contribution in [3.8, 4) is 0 Å². The van der Waals surface area contributed by atoms with Gasteiger partial charge >= 0.3 is 0 Å². The van der Waals surface area contributed by atoms with Crippen molar-refractivity contribution in [3.63, 3.8) is 0 Å². The Morgan fingerprint density at radius 1 is 0.941 bits per heavy atom. The van der Waals surface area contributed by atoms with E-state index in [1.165, 1.54) is 48.4 Å². The van der Waals surface area contributed by atoms with Gasteiger partial charge in [0, 0.05) is 5.69 Å². The summed E-state index contributed by atoms with van der Waals surface area (Å²) in [5.74, 6) is 2.32. The van der Waals surface area contributed by atoms with Crippen LogP contribution in [0.5, 0.6) is 0 Å². The maximum Gasteiger partial charge on any atom is 0.247 e. The molecule has 1 amide bonds. The summed E-state index contributed by atoms with van der Waals surface area (Å²) < 4.78 is 26.5. The molecule has 0 aliphatic heterocycles. The molecule has 4 aliphatic rings. The van der Waals surface area contributed by atoms with Gasteiger partial charge in [-0.2, -0.15) is 0 Å². The lowest BCUT2D eigenvalue weighted by Gasteiger charge is -2.57. The smallest absolute Gasteiger partial charge is 0.247 e. The highest BCUT2D eigenvalue weighted by Gasteiger charge is 2.51. The van der Waals surface area contributed by atoms with E-state index in [-0.39, 0.29) is 5.91 Å². The van der Waals surface area contributed by atoms with Gasteiger partial charge < -0.3 is 5.32 Å². The minimum Gasteiger partial charge on any atom is -0.324 e. The van der Waals surface area contributed by atoms with Crippen LogP contribution >= 0.6 is 0 Å². The molecule has 2 aromatic rings. The van der Waals surface area contributed by atoms with Crippen molar-refractivity contribution in [2.45, 2.75) is 70.8 Å². The molecule has 182 valence electrons. The molecule has 4 fully saturated rings. The third-order valence-corrected chi connectivity index (χ3v) is 9.88. The molecule has 0 unspecified atom stereocenters. The molecule has 0 heterocycles. The van der Waals surface area contributed by atoms with E-state index >= 15 is 0 Å². The zero-order valence-corrected chi connectivity index (χ0v) is 21.5. The number of carbonyl (C=O) groups excluding carboxylic acids is 1. The Bertz CT molecular complexity index is 1170. The molecular weight excluding hydrogens is 444 g/mol. The molecular formula is C28H36N2O3S. The molecule has 0 spiro atoms. The van der Waals surface area contributed by atoms with Crippen LogP contribution in [0, 0.1) is 31.6 Å². The first kappa shape index (κ1) is 23.4. The lowest BCUT2D eigenvalue weighted by Crippen LogP contribution is -2.48. The van der Waals surface area contributed by atoms with Crippen molar-refractivity contribution < 1.29 is 13.2 Å². The van der Waals surface area contributed by atoms with Gasteiger partial charge in [-0.25, -0.2) is 8.42 Å². The van der Waals surface area contributed by atoms with Crippen LogP contribution in [0.25, 0.3) is 0 Å². The lowest BCUT2D eigenvalue weighted by molar-refractivity contribution is -0.116. The van der Waals surface area contributed by atoms with E-state index in [4.69, 9.17) is 0 Å². The van der Waals surface area contributed by atoms with Crippen molar-refractivity contribution in [2.24, 2.45) is 17.8 Å². The van der Waals surface area contributed by atoms with Crippen LogP contribution in [-0.4, -0.2) is 26.6 Å². The monoisotopic (exact) mass is 480 g/mol. The van der Waals surface area contributed by atoms with E-state index < -0.39 is 16.1 Å². The quantitative estimate of drug-likeness (QED) is 0.588. The van der Waals surface area contributed by atoms with Gasteiger partial charge in [0.1, 0.15) is 6.04 Å². The second-order valence-corrected chi connectivity index (χ2v) is 13.1. The maximum absolute atomic E-state index is 13.1. The first-order valence-electron chi connectivity index (χ1n) is 12.5. The third-order valence-electron chi connectivity index (χ3n) is 8.64. The van der Waals surface area contributed by atoms with Crippen molar-refractivity contribution in [2.75, 3.05) is 15.9 Å². The highest BCUT2D eigenvalue weighted by atomic mass is 32.2. The van der Waals surface area contributed by atoms with Gasteiger partial charge in [0.15, 0.2) is 0 Å². The molecule has 2 aromatic carbocycles. The maximum atomic E-state index is 13.1. The summed E-state index contributed by atoms with van der Waals surface area (Å²) >= 11 is 0. The molecule has 1 N–H and O–H groups in total. The molecule has 4 saturated carbocycles. The second-order valence-electron chi connectivity index (χ2n) is 11.3. The van der Waals surface area contributed by atoms with Crippen LogP contribution in [-0.2, 0) is 20.2 Å². The first-order chi connectivity index (χ1) is 16.0. The van der Waals surface area contributed by atoms with Gasteiger partial charge in [0.2, 0.25) is 15.9 Å². The van der Waals surface area contributed by atoms with Crippen molar-refractivity contribution in [1.29, 1.82) is 0 Å². The molecule has 5 nitrogen and oxygen atoms in total. The van der Waals surface area contributed by atoms with Gasteiger partial charge in [-0.3, -0.25) is 9.10 Å². The Kier molecular flexibility index (Phi) is 5.78. The van der Waals surface area contributed by atoms with Crippen molar-refractivity contribution >= 4 is 27.3 Å². The number of carbonyl (C=O) groups is 1. The highest BCUT2D eigenvalue weighted by Crippen LogP contribution is 2.60. The fraction of sp³-hybridized carbons (Fsp3) is 0.536. The summed E-state index contributed by atoms with van der Waals surface area (Å²) in [6.07, 6.45) is 9.32. The van der Waals surface area contributed by atoms with Crippen LogP contribution in [0.1, 0.15) is 62.1 Å². The van der Waals surface area contributed by atoms with Gasteiger partial charge in [-0.1, -0.05) is 18.2 Å². The van der Waals surface area contributed by atoms with Crippen LogP contribution < -0.4 is 9.62 Å². The highest BCUT2D eigenvalue weighted by molar-refractivity contribution is 7.92. The summed E-state index contributed by atoms with van der Waals surface area (Å²) in [6.45, 7) is 5.55. The zero-order chi connectivity index (χ0) is 24.3. The third kappa shape index (κ3) is 4.26. The average molecular weight is 481 g/mol. The fourth-order valence-corrected chi connectivity index (χ4v) is 8.46. The average Bonchev–Trinajstić information content (AvgIpc) is 2.75. The summed E-state index contributed by atoms with van der Waals surface area (Å²) in [7, 11) is -3.64. The summed E-state index contributed by atoms with van der Waals surface area (Å²) in [4.78, 5) is 13.1. The summed E-state index contributed by atoms with van der Waals surface area (Å²) in [5, 5.41) is 2.95. The number of rotatable bonds is 6. The number of nitrogens with zero attached hydrogens (tertiary/aromatic N) is 1. The van der Waals surface area contributed by atoms with E-state index in [1.807, 2.05) is 38.1 Å². The Morgan fingerprint density at radius 2 is 1.50 bits per heavy atom. The number of aryl methyl sites for hydroxylation is 2. The van der Waals surface area contributed by atoms with Gasteiger partial charge in [0.25, 0.3) is 0 Å². The Labute approximate surface area is 204 Å². The molecule has 1 atom stereocenters. The molecule has 4 aliphatic carbocycles. The number of nitrogens with one attached hydrogen (secondary N) is 1. The van der Waals surface area contributed by atoms with E-state index in [9.17, 15) is 13.2 Å². The predicted octanol–water partition coefficient (Wildman–Crippen LogP) is 5.56. The lowest BCUT2D eigenvalue weighted by atomic mass is 9.48. The van der Waals surface area contributed by atoms with Gasteiger partial charge in [-0.05, 0) is 123 Å². The van der Waals surface area contributed by atoms with E-state index in [0.29, 0.717) is 16.8 Å². The van der Waals surface area contributed by atoms with Gasteiger partial charge in [0.05, 0.1) is 11.9 Å². The van der Waals surface area contributed by atoms with Crippen LogP contribution in [0.15, 0.2) is 42.5 Å². The number of amides is 1. The minimum atomic E-state index is -3.64. The van der Waals surface area contributed by atoms with Crippen LogP contribution in [0.2, 0.25) is 0 Å². The SMILES string of the molecule is Cc1ccc(N([C@H](C)C(=O)Nc2ccc(C34CC5CC(CC(C5)C3)C4)cc2)S(C)(=O)=O)cc1C. The molecule has 6 rings (SSSR count). The largest absolute Gasteiger partial charge is 0.324 e. The molecule has 4 bridgehead atoms. The molecule has 34 heavy (non-hydrogen) atoms. The molecule has 0 saturated heterocycles. The van der Waals surface area contributed by atoms with Crippen LogP contribution in [0.4, 0.5) is 11.4 Å². The van der Waals surface area contributed by atoms with E-state index in [1.54, 1.807) is 13.0 Å². The zero-order valence-electron chi connectivity index (χ0n) is 20.7. The standard InChI is InChI=1S/C28H36N2O3S/c1-18-5-10-26(11-19(18)2)30(34(4,32)33)20(3)27(31)29-25-8-6-24(7-9-25)28-15-21-12-22(16-28)14-23(13-21)17-28/h5-11,20-23H,12-17H2,1-4H3,(H,29,31)/t20-,21?,22?,23?,28?/m1/s1. The molecule has 0 aromatic heterocycles. The first-order valence-corrected chi connectivity index (χ1v) is 14.4. The number of hydrogen-bond donors (Lipinski definition) is 1. The fourth-order valence-electron chi connectivity index (χ4n) is 7.29. The Morgan fingerprint density at radius 3 is 2.00 bits per heavy atom. The second kappa shape index (κ2) is 8.40. The molecule has 6 heteroatoms. The van der Waals surface area contributed by atoms with Crippen LogP contribution in [0.3, 0.4) is 0 Å². The van der Waals surface area contributed by atoms with E-state index in [2.05, 4.69) is 17.4 Å². The number of benzene rings is 2. The summed E-state index contributed by atoms with van der Waals surface area (Å²) in [5.41, 5.74) is 5.00. The molecule has 0 radical (unpaired) electrons.